The maximum Gasteiger partial charge on any atom is -0.0263 e. The van der Waals surface area contributed by atoms with Crippen molar-refractivity contribution >= 4 is 0 Å². The molecule has 0 heterocycles. The van der Waals surface area contributed by atoms with Gasteiger partial charge in [-0.1, -0.05) is 482 Å². The summed E-state index contributed by atoms with van der Waals surface area (Å²) in [5, 5.41) is 0. The number of rotatable bonds is 77. The first-order chi connectivity index (χ1) is 48.7. The molecule has 0 aliphatic heterocycles. The number of allylic oxidation sites excluding steroid dienone is 11. The molecule has 0 aromatic heterocycles. The molecule has 0 saturated carbocycles. The maximum absolute atomic E-state index is 3.90. The fourth-order valence-corrected chi connectivity index (χ4v) is 15.2. The minimum Gasteiger partial charge on any atom is -0.103 e. The lowest BCUT2D eigenvalue weighted by molar-refractivity contribution is 0.208. The predicted molar refractivity (Wildman–Crippen MR) is 465 cm³/mol. The summed E-state index contributed by atoms with van der Waals surface area (Å²) in [4.78, 5) is 0. The van der Waals surface area contributed by atoms with E-state index in [0.29, 0.717) is 5.41 Å². The van der Waals surface area contributed by atoms with E-state index in [1.165, 1.54) is 462 Å². The third kappa shape index (κ3) is 92.5. The van der Waals surface area contributed by atoms with Gasteiger partial charge in [0.1, 0.15) is 0 Å². The first-order valence-corrected chi connectivity index (χ1v) is 46.5. The quantitative estimate of drug-likeness (QED) is 0.0421. The van der Waals surface area contributed by atoms with Crippen molar-refractivity contribution in [3.63, 3.8) is 0 Å². The van der Waals surface area contributed by atoms with Crippen molar-refractivity contribution in [3.8, 4) is 0 Å². The monoisotopic (exact) mass is 1380 g/mol. The zero-order valence-electron chi connectivity index (χ0n) is 71.5. The molecule has 0 spiro atoms. The normalized spacial score (nSPS) is 12.6. The van der Waals surface area contributed by atoms with Crippen LogP contribution in [0.4, 0.5) is 0 Å². The molecule has 0 saturated heterocycles. The van der Waals surface area contributed by atoms with Gasteiger partial charge in [-0.05, 0) is 147 Å². The van der Waals surface area contributed by atoms with Crippen molar-refractivity contribution in [2.45, 2.75) is 545 Å². The van der Waals surface area contributed by atoms with Crippen molar-refractivity contribution in [1.82, 2.24) is 0 Å². The van der Waals surface area contributed by atoms with Crippen molar-refractivity contribution in [2.24, 2.45) is 17.3 Å². The molecule has 0 aliphatic carbocycles. The molecule has 2 unspecified atom stereocenters. The van der Waals surface area contributed by atoms with E-state index in [-0.39, 0.29) is 0 Å². The summed E-state index contributed by atoms with van der Waals surface area (Å²) in [7, 11) is 0. The van der Waals surface area contributed by atoms with E-state index in [9.17, 15) is 0 Å². The van der Waals surface area contributed by atoms with Crippen molar-refractivity contribution < 1.29 is 0 Å². The maximum atomic E-state index is 3.90. The molecular weight excluding hydrogens is 1190 g/mol. The Morgan fingerprint density at radius 3 is 0.889 bits per heavy atom. The third-order valence-corrected chi connectivity index (χ3v) is 21.8. The van der Waals surface area contributed by atoms with Gasteiger partial charge in [0.15, 0.2) is 0 Å². The zero-order chi connectivity index (χ0) is 73.2. The molecule has 0 aliphatic rings. The Labute approximate surface area is 631 Å². The van der Waals surface area contributed by atoms with Crippen molar-refractivity contribution in [1.29, 1.82) is 0 Å². The van der Waals surface area contributed by atoms with Gasteiger partial charge in [-0.25, -0.2) is 0 Å². The number of hydrogen-bond acceptors (Lipinski definition) is 0. The average Bonchev–Trinajstić information content (AvgIpc) is 1.06. The van der Waals surface area contributed by atoms with Crippen LogP contribution in [0.15, 0.2) is 72.9 Å². The second kappa shape index (κ2) is 96.4. The van der Waals surface area contributed by atoms with Gasteiger partial charge >= 0.3 is 0 Å². The van der Waals surface area contributed by atoms with Crippen LogP contribution < -0.4 is 0 Å². The van der Waals surface area contributed by atoms with E-state index in [2.05, 4.69) is 150 Å². The van der Waals surface area contributed by atoms with E-state index in [0.717, 1.165) is 11.8 Å². The smallest absolute Gasteiger partial charge is 0.0263 e. The summed E-state index contributed by atoms with van der Waals surface area (Å²) >= 11 is 0. The fourth-order valence-electron chi connectivity index (χ4n) is 15.2. The van der Waals surface area contributed by atoms with Crippen LogP contribution in [0.3, 0.4) is 0 Å². The van der Waals surface area contributed by atoms with Gasteiger partial charge in [-0.2, -0.15) is 0 Å². The van der Waals surface area contributed by atoms with Crippen LogP contribution in [-0.2, 0) is 0 Å². The Hall–Kier alpha value is -1.56. The first-order valence-electron chi connectivity index (χ1n) is 46.5. The molecule has 0 rings (SSSR count). The van der Waals surface area contributed by atoms with Gasteiger partial charge in [0.2, 0.25) is 0 Å². The highest BCUT2D eigenvalue weighted by Gasteiger charge is 2.26. The van der Waals surface area contributed by atoms with Gasteiger partial charge in [0.25, 0.3) is 0 Å². The van der Waals surface area contributed by atoms with E-state index in [1.54, 1.807) is 0 Å². The first kappa shape index (κ1) is 104. The van der Waals surface area contributed by atoms with Crippen LogP contribution in [0.1, 0.15) is 545 Å². The van der Waals surface area contributed by atoms with E-state index in [4.69, 9.17) is 0 Å². The molecular formula is C99H194. The minimum atomic E-state index is 0.564. The Kier molecular flexibility index (Phi) is 101. The molecule has 2 atom stereocenters. The largest absolute Gasteiger partial charge is 0.103 e. The predicted octanol–water partition coefficient (Wildman–Crippen LogP) is 37.8. The van der Waals surface area contributed by atoms with Gasteiger partial charge in [0, 0.05) is 0 Å². The molecule has 0 fully saturated rings. The molecule has 0 nitrogen and oxygen atoms in total. The highest BCUT2D eigenvalue weighted by molar-refractivity contribution is 5.03. The summed E-state index contributed by atoms with van der Waals surface area (Å²) in [6.07, 6.45) is 125. The van der Waals surface area contributed by atoms with Crippen LogP contribution in [-0.4, -0.2) is 0 Å². The summed E-state index contributed by atoms with van der Waals surface area (Å²) < 4.78 is 0. The number of unbranched alkanes of at least 4 members (excludes halogenated alkanes) is 51. The van der Waals surface area contributed by atoms with E-state index >= 15 is 0 Å². The third-order valence-electron chi connectivity index (χ3n) is 21.8. The summed E-state index contributed by atoms with van der Waals surface area (Å²) in [5.41, 5.74) is 2.39. The van der Waals surface area contributed by atoms with Crippen molar-refractivity contribution in [2.75, 3.05) is 0 Å². The standard InChI is InChI=1S/C47H90.2C18H36.C16H32/c1-8-14-17-27-35-45(34-25-15-9-2)38-39-46(36-28-22-20-18-19-21-26-33-44(7)32-11-4)37-29-23-24-31-43-47(40-12-5,41-13-6)42-30-16-10-3;2*1-3-5-7-9-11-13-15-17-18-16-14-12-10-8-6-4-2;1-3-5-7-9-11-13-15-16-14-12-10-8-6-4-2/h11,16,30,39,44-45H,4,8-10,12-15,17-29,31-38,40-43H2,1-3,5-7H3;2*3,5H,4,6-18H2,1-2H3;3,5H,4,6-16H2,1-2H3. The molecule has 0 N–H and O–H groups in total. The van der Waals surface area contributed by atoms with Gasteiger partial charge in [-0.15, -0.1) is 6.58 Å². The van der Waals surface area contributed by atoms with E-state index in [1.807, 2.05) is 5.57 Å². The molecule has 99 heavy (non-hydrogen) atoms. The lowest BCUT2D eigenvalue weighted by Gasteiger charge is -2.33. The minimum absolute atomic E-state index is 0.564. The Balaban J connectivity index is -0.000000705. The van der Waals surface area contributed by atoms with Gasteiger partial charge in [0.05, 0.1) is 0 Å². The molecule has 0 amide bonds. The summed E-state index contributed by atoms with van der Waals surface area (Å²) in [6.45, 7) is 31.3. The highest BCUT2D eigenvalue weighted by Crippen LogP contribution is 2.40. The Bertz CT molecular complexity index is 1500. The Morgan fingerprint density at radius 1 is 0.283 bits per heavy atom. The molecule has 0 aromatic carbocycles. The van der Waals surface area contributed by atoms with Crippen LogP contribution in [0.25, 0.3) is 0 Å². The summed E-state index contributed by atoms with van der Waals surface area (Å²) in [5.74, 6) is 1.75. The topological polar surface area (TPSA) is 0 Å². The van der Waals surface area contributed by atoms with Crippen LogP contribution in [0.2, 0.25) is 0 Å². The SMILES string of the molecule is C=CCC(C)CCCCCCCCCC(=CCC(CCCCC)CCCCCC)CCCCCCC(CC=CCC)(CCC)CCC.CC=CCCCCCCCCCCCCC.CC=CCCCCCCCCCCCCCCC.CC=CCCCCCCCCCCCCCCC. The Morgan fingerprint density at radius 2 is 0.566 bits per heavy atom. The highest BCUT2D eigenvalue weighted by atomic mass is 14.3. The van der Waals surface area contributed by atoms with Gasteiger partial charge in [-0.3, -0.25) is 0 Å². The molecule has 590 valence electrons. The fraction of sp³-hybridized carbons (Fsp3) is 0.879. The van der Waals surface area contributed by atoms with E-state index < -0.39 is 0 Å². The van der Waals surface area contributed by atoms with Crippen LogP contribution in [0, 0.1) is 17.3 Å². The molecule has 0 radical (unpaired) electrons. The number of hydrogen-bond donors (Lipinski definition) is 0. The lowest BCUT2D eigenvalue weighted by atomic mass is 9.72. The molecule has 0 heteroatoms. The van der Waals surface area contributed by atoms with Crippen LogP contribution >= 0.6 is 0 Å². The second-order valence-electron chi connectivity index (χ2n) is 32.0. The molecule has 0 bridgehead atoms. The van der Waals surface area contributed by atoms with Crippen LogP contribution in [0.5, 0.6) is 0 Å². The van der Waals surface area contributed by atoms with Crippen molar-refractivity contribution in [3.05, 3.63) is 72.9 Å². The van der Waals surface area contributed by atoms with Gasteiger partial charge < -0.3 is 0 Å². The zero-order valence-corrected chi connectivity index (χ0v) is 71.5. The lowest BCUT2D eigenvalue weighted by Crippen LogP contribution is -2.20. The average molecular weight is 1380 g/mol. The molecule has 0 aromatic rings. The summed E-state index contributed by atoms with van der Waals surface area (Å²) in [6, 6.07) is 0. The second-order valence-corrected chi connectivity index (χ2v) is 32.0.